The molecule has 20 heavy (non-hydrogen) atoms. The number of para-hydroxylation sites is 1. The predicted molar refractivity (Wildman–Crippen MR) is 77.9 cm³/mol. The van der Waals surface area contributed by atoms with Crippen molar-refractivity contribution in [2.75, 3.05) is 19.7 Å². The molecule has 5 heteroatoms. The summed E-state index contributed by atoms with van der Waals surface area (Å²) < 4.78 is 5.38. The first-order valence-electron chi connectivity index (χ1n) is 6.95. The maximum Gasteiger partial charge on any atom is 0.255 e. The summed E-state index contributed by atoms with van der Waals surface area (Å²) in [7, 11) is 0. The van der Waals surface area contributed by atoms with Gasteiger partial charge in [0.2, 0.25) is 5.91 Å². The van der Waals surface area contributed by atoms with E-state index < -0.39 is 0 Å². The maximum atomic E-state index is 12.0. The van der Waals surface area contributed by atoms with Crippen LogP contribution in [-0.2, 0) is 4.79 Å². The molecule has 1 rings (SSSR count). The number of hydrogen-bond donors (Lipinski definition) is 2. The molecule has 0 saturated heterocycles. The Bertz CT molecular complexity index is 446. The molecule has 0 unspecified atom stereocenters. The number of unbranched alkanes of at least 4 members (excludes halogenated alkanes) is 1. The largest absolute Gasteiger partial charge is 0.493 e. The van der Waals surface area contributed by atoms with Crippen LogP contribution in [0.1, 0.15) is 37.0 Å². The van der Waals surface area contributed by atoms with E-state index in [2.05, 4.69) is 17.6 Å². The maximum absolute atomic E-state index is 12.0. The molecule has 0 saturated carbocycles. The Morgan fingerprint density at radius 3 is 2.60 bits per heavy atom. The Kier molecular flexibility index (Phi) is 7.17. The van der Waals surface area contributed by atoms with Crippen LogP contribution in [0, 0.1) is 0 Å². The van der Waals surface area contributed by atoms with E-state index in [1.807, 2.05) is 6.92 Å². The Labute approximate surface area is 119 Å². The van der Waals surface area contributed by atoms with Crippen molar-refractivity contribution in [1.82, 2.24) is 10.6 Å². The fourth-order valence-corrected chi connectivity index (χ4v) is 1.66. The molecule has 0 atom stereocenters. The van der Waals surface area contributed by atoms with Crippen molar-refractivity contribution in [2.24, 2.45) is 0 Å². The summed E-state index contributed by atoms with van der Waals surface area (Å²) in [5.41, 5.74) is 0.440. The molecule has 0 aliphatic rings. The van der Waals surface area contributed by atoms with Crippen molar-refractivity contribution in [3.63, 3.8) is 0 Å². The van der Waals surface area contributed by atoms with Gasteiger partial charge in [0.15, 0.2) is 0 Å². The minimum absolute atomic E-state index is 0.0248. The van der Waals surface area contributed by atoms with Crippen molar-refractivity contribution in [3.05, 3.63) is 29.8 Å². The zero-order valence-corrected chi connectivity index (χ0v) is 12.1. The van der Waals surface area contributed by atoms with Crippen molar-refractivity contribution in [2.45, 2.75) is 26.7 Å². The molecule has 0 aliphatic carbocycles. The van der Waals surface area contributed by atoms with E-state index in [0.29, 0.717) is 24.5 Å². The second kappa shape index (κ2) is 8.96. The van der Waals surface area contributed by atoms with Crippen molar-refractivity contribution in [1.29, 1.82) is 0 Å². The predicted octanol–water partition coefficient (Wildman–Crippen LogP) is 1.73. The normalized spacial score (nSPS) is 9.90. The SMILES string of the molecule is CCCCNC(=O)CNC(=O)c1ccccc1OCC. The summed E-state index contributed by atoms with van der Waals surface area (Å²) in [5.74, 6) is 0.0410. The van der Waals surface area contributed by atoms with E-state index in [0.717, 1.165) is 12.8 Å². The fraction of sp³-hybridized carbons (Fsp3) is 0.467. The van der Waals surface area contributed by atoms with Crippen LogP contribution in [0.15, 0.2) is 24.3 Å². The summed E-state index contributed by atoms with van der Waals surface area (Å²) in [6, 6.07) is 6.98. The Morgan fingerprint density at radius 1 is 1.15 bits per heavy atom. The van der Waals surface area contributed by atoms with Gasteiger partial charge in [-0.25, -0.2) is 0 Å². The van der Waals surface area contributed by atoms with Crippen LogP contribution in [0.4, 0.5) is 0 Å². The molecular formula is C15H22N2O3. The average Bonchev–Trinajstić information content (AvgIpc) is 2.46. The minimum Gasteiger partial charge on any atom is -0.493 e. The summed E-state index contributed by atoms with van der Waals surface area (Å²) in [4.78, 5) is 23.5. The Hall–Kier alpha value is -2.04. The highest BCUT2D eigenvalue weighted by Gasteiger charge is 2.12. The van der Waals surface area contributed by atoms with Gasteiger partial charge >= 0.3 is 0 Å². The number of carbonyl (C=O) groups excluding carboxylic acids is 2. The highest BCUT2D eigenvalue weighted by atomic mass is 16.5. The highest BCUT2D eigenvalue weighted by Crippen LogP contribution is 2.17. The first kappa shape index (κ1) is 16.0. The van der Waals surface area contributed by atoms with E-state index in [9.17, 15) is 9.59 Å². The molecule has 5 nitrogen and oxygen atoms in total. The smallest absolute Gasteiger partial charge is 0.255 e. The van der Waals surface area contributed by atoms with Crippen LogP contribution >= 0.6 is 0 Å². The second-order valence-electron chi connectivity index (χ2n) is 4.32. The molecule has 0 aliphatic heterocycles. The van der Waals surface area contributed by atoms with E-state index in [4.69, 9.17) is 4.74 Å². The molecule has 0 heterocycles. The van der Waals surface area contributed by atoms with E-state index in [-0.39, 0.29) is 18.4 Å². The molecule has 0 spiro atoms. The lowest BCUT2D eigenvalue weighted by Crippen LogP contribution is -2.37. The molecule has 1 aromatic carbocycles. The minimum atomic E-state index is -0.306. The number of hydrogen-bond acceptors (Lipinski definition) is 3. The summed E-state index contributed by atoms with van der Waals surface area (Å²) in [6.07, 6.45) is 1.96. The standard InChI is InChI=1S/C15H22N2O3/c1-3-5-10-16-14(18)11-17-15(19)12-8-6-7-9-13(12)20-4-2/h6-9H,3-5,10-11H2,1-2H3,(H,16,18)(H,17,19). The van der Waals surface area contributed by atoms with Gasteiger partial charge in [0.05, 0.1) is 18.7 Å². The van der Waals surface area contributed by atoms with Gasteiger partial charge in [-0.2, -0.15) is 0 Å². The lowest BCUT2D eigenvalue weighted by molar-refractivity contribution is -0.120. The van der Waals surface area contributed by atoms with Crippen LogP contribution in [0.2, 0.25) is 0 Å². The molecular weight excluding hydrogens is 256 g/mol. The Morgan fingerprint density at radius 2 is 1.90 bits per heavy atom. The van der Waals surface area contributed by atoms with Gasteiger partial charge in [-0.1, -0.05) is 25.5 Å². The topological polar surface area (TPSA) is 67.4 Å². The molecule has 0 fully saturated rings. The van der Waals surface area contributed by atoms with E-state index in [1.165, 1.54) is 0 Å². The van der Waals surface area contributed by atoms with Gasteiger partial charge in [-0.15, -0.1) is 0 Å². The van der Waals surface area contributed by atoms with Gasteiger partial charge in [0.1, 0.15) is 5.75 Å². The van der Waals surface area contributed by atoms with Gasteiger partial charge in [-0.3, -0.25) is 9.59 Å². The third-order valence-corrected chi connectivity index (χ3v) is 2.69. The molecule has 2 N–H and O–H groups in total. The van der Waals surface area contributed by atoms with Gasteiger partial charge in [0.25, 0.3) is 5.91 Å². The molecule has 0 aromatic heterocycles. The zero-order chi connectivity index (χ0) is 14.8. The Balaban J connectivity index is 2.48. The monoisotopic (exact) mass is 278 g/mol. The van der Waals surface area contributed by atoms with Crippen molar-refractivity contribution >= 4 is 11.8 Å². The fourth-order valence-electron chi connectivity index (χ4n) is 1.66. The lowest BCUT2D eigenvalue weighted by atomic mass is 10.2. The molecule has 0 radical (unpaired) electrons. The first-order valence-corrected chi connectivity index (χ1v) is 6.95. The van der Waals surface area contributed by atoms with E-state index in [1.54, 1.807) is 24.3 Å². The van der Waals surface area contributed by atoms with Crippen LogP contribution in [0.3, 0.4) is 0 Å². The van der Waals surface area contributed by atoms with E-state index >= 15 is 0 Å². The molecule has 1 aromatic rings. The summed E-state index contributed by atoms with van der Waals surface area (Å²) in [6.45, 7) is 5.01. The zero-order valence-electron chi connectivity index (χ0n) is 12.1. The van der Waals surface area contributed by atoms with Gasteiger partial charge in [0, 0.05) is 6.54 Å². The number of ether oxygens (including phenoxy) is 1. The van der Waals surface area contributed by atoms with Crippen LogP contribution in [-0.4, -0.2) is 31.5 Å². The van der Waals surface area contributed by atoms with Crippen molar-refractivity contribution in [3.8, 4) is 5.75 Å². The molecule has 0 bridgehead atoms. The van der Waals surface area contributed by atoms with Crippen LogP contribution in [0.25, 0.3) is 0 Å². The molecule has 110 valence electrons. The second-order valence-corrected chi connectivity index (χ2v) is 4.32. The number of nitrogens with one attached hydrogen (secondary N) is 2. The number of benzene rings is 1. The summed E-state index contributed by atoms with van der Waals surface area (Å²) >= 11 is 0. The summed E-state index contributed by atoms with van der Waals surface area (Å²) in [5, 5.41) is 5.34. The van der Waals surface area contributed by atoms with Gasteiger partial charge in [-0.05, 0) is 25.5 Å². The number of amides is 2. The van der Waals surface area contributed by atoms with Crippen LogP contribution < -0.4 is 15.4 Å². The first-order chi connectivity index (χ1) is 9.69. The quantitative estimate of drug-likeness (QED) is 0.712. The molecule has 2 amide bonds. The number of rotatable bonds is 8. The third kappa shape index (κ3) is 5.30. The average molecular weight is 278 g/mol. The van der Waals surface area contributed by atoms with Crippen molar-refractivity contribution < 1.29 is 14.3 Å². The van der Waals surface area contributed by atoms with Crippen LogP contribution in [0.5, 0.6) is 5.75 Å². The number of carbonyl (C=O) groups is 2. The highest BCUT2D eigenvalue weighted by molar-refractivity contribution is 5.98. The van der Waals surface area contributed by atoms with Gasteiger partial charge < -0.3 is 15.4 Å². The third-order valence-electron chi connectivity index (χ3n) is 2.69. The lowest BCUT2D eigenvalue weighted by Gasteiger charge is -2.10.